The third kappa shape index (κ3) is 4.35. The van der Waals surface area contributed by atoms with Gasteiger partial charge in [0.25, 0.3) is 8.19 Å². The van der Waals surface area contributed by atoms with Gasteiger partial charge in [-0.2, -0.15) is 0 Å². The van der Waals surface area contributed by atoms with E-state index in [1.54, 1.807) is 0 Å². The van der Waals surface area contributed by atoms with E-state index in [4.69, 9.17) is 13.7 Å². The Morgan fingerprint density at radius 2 is 1.33 bits per heavy atom. The predicted octanol–water partition coefficient (Wildman–Crippen LogP) is 4.53. The van der Waals surface area contributed by atoms with Gasteiger partial charge in [-0.15, -0.1) is 6.58 Å². The monoisotopic (exact) mass is 422 g/mol. The maximum Gasteiger partial charge on any atom is 0.479 e. The van der Waals surface area contributed by atoms with Crippen LogP contribution in [0.5, 0.6) is 0 Å². The van der Waals surface area contributed by atoms with Gasteiger partial charge >= 0.3 is 6.71 Å². The lowest BCUT2D eigenvalue weighted by atomic mass is 9.90. The second-order valence-corrected chi connectivity index (χ2v) is 12.9. The van der Waals surface area contributed by atoms with Crippen LogP contribution in [0.3, 0.4) is 0 Å². The van der Waals surface area contributed by atoms with Crippen molar-refractivity contribution in [2.45, 2.75) is 65.3 Å². The highest BCUT2D eigenvalue weighted by molar-refractivity contribution is 7.37. The van der Waals surface area contributed by atoms with Crippen LogP contribution in [-0.2, 0) is 13.7 Å². The molecule has 1 atom stereocenters. The Morgan fingerprint density at radius 3 is 1.70 bits per heavy atom. The molecule has 2 aromatic rings. The van der Waals surface area contributed by atoms with Gasteiger partial charge < -0.3 is 13.7 Å². The lowest BCUT2D eigenvalue weighted by Crippen LogP contribution is -2.73. The van der Waals surface area contributed by atoms with Gasteiger partial charge in [0.05, 0.1) is 17.3 Å². The van der Waals surface area contributed by atoms with E-state index in [9.17, 15) is 0 Å². The van der Waals surface area contributed by atoms with E-state index in [0.717, 1.165) is 16.8 Å². The highest BCUT2D eigenvalue weighted by Crippen LogP contribution is 2.39. The molecule has 30 heavy (non-hydrogen) atoms. The molecule has 0 aromatic heterocycles. The molecule has 3 rings (SSSR count). The summed E-state index contributed by atoms with van der Waals surface area (Å²) in [5.41, 5.74) is -0.880. The Morgan fingerprint density at radius 1 is 0.900 bits per heavy atom. The van der Waals surface area contributed by atoms with Crippen molar-refractivity contribution in [3.63, 3.8) is 0 Å². The molecule has 0 spiro atoms. The average Bonchev–Trinajstić information content (AvgIpc) is 2.93. The molecule has 2 aromatic carbocycles. The zero-order valence-electron chi connectivity index (χ0n) is 19.2. The summed E-state index contributed by atoms with van der Waals surface area (Å²) in [6.45, 7) is 16.4. The summed E-state index contributed by atoms with van der Waals surface area (Å²) in [5, 5.41) is 2.29. The Kier molecular flexibility index (Phi) is 6.78. The van der Waals surface area contributed by atoms with Crippen LogP contribution in [0.4, 0.5) is 0 Å². The smallest absolute Gasteiger partial charge is 0.404 e. The molecule has 0 aliphatic carbocycles. The van der Waals surface area contributed by atoms with Gasteiger partial charge in [-0.05, 0) is 50.4 Å². The minimum atomic E-state index is -2.96. The van der Waals surface area contributed by atoms with Gasteiger partial charge in [-0.3, -0.25) is 0 Å². The lowest BCUT2D eigenvalue weighted by molar-refractivity contribution is 0.00578. The summed E-state index contributed by atoms with van der Waals surface area (Å²) in [6.07, 6.45) is 2.74. The summed E-state index contributed by atoms with van der Waals surface area (Å²) in [5.74, 6) is 0.490. The van der Waals surface area contributed by atoms with E-state index in [2.05, 4.69) is 96.7 Å². The van der Waals surface area contributed by atoms with Crippen LogP contribution in [0, 0.1) is 5.92 Å². The van der Waals surface area contributed by atoms with Crippen LogP contribution in [0.15, 0.2) is 73.3 Å². The summed E-state index contributed by atoms with van der Waals surface area (Å²) < 4.78 is 20.4. The fourth-order valence-electron chi connectivity index (χ4n) is 3.91. The van der Waals surface area contributed by atoms with Crippen molar-refractivity contribution in [2.75, 3.05) is 0 Å². The van der Waals surface area contributed by atoms with Crippen LogP contribution < -0.4 is 10.4 Å². The Bertz CT molecular complexity index is 780. The SMILES string of the molecule is C=CC(CC(C)C)O[Si](B1OC(C)(C)C(C)(C)O1)(c1ccccc1)c1ccccc1. The average molecular weight is 422 g/mol. The first kappa shape index (κ1) is 23.0. The maximum atomic E-state index is 7.11. The van der Waals surface area contributed by atoms with E-state index in [1.807, 2.05) is 18.2 Å². The van der Waals surface area contributed by atoms with E-state index in [-0.39, 0.29) is 6.10 Å². The lowest BCUT2D eigenvalue weighted by Gasteiger charge is -2.37. The fraction of sp³-hybridized carbons (Fsp3) is 0.440. The quantitative estimate of drug-likeness (QED) is 0.462. The molecule has 5 heteroatoms. The Labute approximate surface area is 183 Å². The standard InChI is InChI=1S/C25H35BO3Si/c1-8-21(19-20(2)3)27-30(22-15-11-9-12-16-22,23-17-13-10-14-18-23)26-28-24(4,5)25(6,7)29-26/h8-18,20-21H,1,19H2,2-7H3. The van der Waals surface area contributed by atoms with E-state index in [1.165, 1.54) is 0 Å². The minimum Gasteiger partial charge on any atom is -0.404 e. The third-order valence-corrected chi connectivity index (χ3v) is 10.3. The van der Waals surface area contributed by atoms with Crippen molar-refractivity contribution in [2.24, 2.45) is 5.92 Å². The maximum absolute atomic E-state index is 7.11. The molecule has 1 aliphatic rings. The molecule has 1 fully saturated rings. The van der Waals surface area contributed by atoms with Gasteiger partial charge in [0.15, 0.2) is 0 Å². The van der Waals surface area contributed by atoms with Crippen LogP contribution in [-0.4, -0.2) is 32.2 Å². The first-order valence-corrected chi connectivity index (χ1v) is 12.9. The van der Waals surface area contributed by atoms with Gasteiger partial charge in [-0.1, -0.05) is 80.6 Å². The van der Waals surface area contributed by atoms with E-state index < -0.39 is 26.1 Å². The van der Waals surface area contributed by atoms with Gasteiger partial charge in [0, 0.05) is 0 Å². The molecular formula is C25H35BO3Si. The molecule has 0 amide bonds. The normalized spacial score (nSPS) is 19.1. The number of hydrogen-bond acceptors (Lipinski definition) is 3. The summed E-state index contributed by atoms with van der Waals surface area (Å²) in [7, 11) is -2.96. The van der Waals surface area contributed by atoms with Crippen molar-refractivity contribution in [1.29, 1.82) is 0 Å². The Hall–Kier alpha value is -1.66. The summed E-state index contributed by atoms with van der Waals surface area (Å²) in [4.78, 5) is 0. The molecule has 1 aliphatic heterocycles. The van der Waals surface area contributed by atoms with Crippen LogP contribution in [0.1, 0.15) is 48.0 Å². The van der Waals surface area contributed by atoms with Crippen LogP contribution in [0.25, 0.3) is 0 Å². The Balaban J connectivity index is 2.21. The van der Waals surface area contributed by atoms with Crippen LogP contribution in [0.2, 0.25) is 0 Å². The van der Waals surface area contributed by atoms with E-state index in [0.29, 0.717) is 5.92 Å². The topological polar surface area (TPSA) is 27.7 Å². The van der Waals surface area contributed by atoms with Crippen LogP contribution >= 0.6 is 0 Å². The highest BCUT2D eigenvalue weighted by atomic mass is 28.3. The van der Waals surface area contributed by atoms with E-state index >= 15 is 0 Å². The highest BCUT2D eigenvalue weighted by Gasteiger charge is 2.64. The number of benzene rings is 2. The molecule has 0 bridgehead atoms. The molecule has 3 nitrogen and oxygen atoms in total. The van der Waals surface area contributed by atoms with Gasteiger partial charge in [-0.25, -0.2) is 0 Å². The molecule has 1 heterocycles. The molecule has 0 saturated carbocycles. The molecule has 0 N–H and O–H groups in total. The largest absolute Gasteiger partial charge is 0.479 e. The van der Waals surface area contributed by atoms with Gasteiger partial charge in [0.1, 0.15) is 0 Å². The van der Waals surface area contributed by atoms with Crippen molar-refractivity contribution >= 4 is 25.3 Å². The second kappa shape index (κ2) is 8.83. The number of hydrogen-bond donors (Lipinski definition) is 0. The third-order valence-electron chi connectivity index (χ3n) is 6.29. The summed E-state index contributed by atoms with van der Waals surface area (Å²) >= 11 is 0. The molecular weight excluding hydrogens is 387 g/mol. The molecule has 160 valence electrons. The molecule has 0 radical (unpaired) electrons. The zero-order chi connectivity index (χ0) is 22.0. The number of rotatable bonds is 8. The first-order chi connectivity index (χ1) is 14.1. The first-order valence-electron chi connectivity index (χ1n) is 10.9. The summed E-state index contributed by atoms with van der Waals surface area (Å²) in [6, 6.07) is 21.0. The molecule has 1 unspecified atom stereocenters. The van der Waals surface area contributed by atoms with Gasteiger partial charge in [0.2, 0.25) is 0 Å². The molecule has 1 saturated heterocycles. The van der Waals surface area contributed by atoms with Crippen molar-refractivity contribution in [1.82, 2.24) is 0 Å². The second-order valence-electron chi connectivity index (χ2n) is 9.58. The van der Waals surface area contributed by atoms with Crippen molar-refractivity contribution in [3.05, 3.63) is 73.3 Å². The fourth-order valence-corrected chi connectivity index (χ4v) is 8.13. The predicted molar refractivity (Wildman–Crippen MR) is 129 cm³/mol. The van der Waals surface area contributed by atoms with Crippen molar-refractivity contribution in [3.8, 4) is 0 Å². The minimum absolute atomic E-state index is 0.0869. The zero-order valence-corrected chi connectivity index (χ0v) is 20.2. The van der Waals surface area contributed by atoms with Crippen molar-refractivity contribution < 1.29 is 13.7 Å².